The Morgan fingerprint density at radius 3 is 2.53 bits per heavy atom. The molecule has 0 fully saturated rings. The molecule has 34 heavy (non-hydrogen) atoms. The van der Waals surface area contributed by atoms with Crippen molar-refractivity contribution in [3.05, 3.63) is 83.9 Å². The Balaban J connectivity index is 1.63. The van der Waals surface area contributed by atoms with Crippen LogP contribution in [0.1, 0.15) is 37.3 Å². The monoisotopic (exact) mass is 497 g/mol. The minimum atomic E-state index is -3.75. The van der Waals surface area contributed by atoms with Gasteiger partial charge in [0.25, 0.3) is 0 Å². The molecule has 176 valence electrons. The molecule has 4 aromatic rings. The number of carbonyl (C=O) groups excluding carboxylic acids is 1. The molecule has 6 nitrogen and oxygen atoms in total. The van der Waals surface area contributed by atoms with Crippen molar-refractivity contribution in [3.63, 3.8) is 0 Å². The summed E-state index contributed by atoms with van der Waals surface area (Å²) >= 11 is 1.40. The number of benzene rings is 2. The zero-order valence-electron chi connectivity index (χ0n) is 18.8. The maximum Gasteiger partial charge on any atom is 0.230 e. The number of aromatic nitrogens is 2. The normalized spacial score (nSPS) is 11.8. The van der Waals surface area contributed by atoms with Gasteiger partial charge in [-0.05, 0) is 53.4 Å². The van der Waals surface area contributed by atoms with E-state index in [1.165, 1.54) is 28.4 Å². The van der Waals surface area contributed by atoms with Crippen molar-refractivity contribution in [2.45, 2.75) is 37.6 Å². The summed E-state index contributed by atoms with van der Waals surface area (Å²) in [7, 11) is -3.75. The van der Waals surface area contributed by atoms with E-state index in [4.69, 9.17) is 4.98 Å². The molecule has 2 aromatic heterocycles. The Bertz CT molecular complexity index is 1400. The highest BCUT2D eigenvalue weighted by atomic mass is 32.2. The van der Waals surface area contributed by atoms with E-state index >= 15 is 0 Å². The van der Waals surface area contributed by atoms with Crippen LogP contribution in [0.5, 0.6) is 0 Å². The predicted molar refractivity (Wildman–Crippen MR) is 132 cm³/mol. The van der Waals surface area contributed by atoms with Crippen LogP contribution in [-0.2, 0) is 21.2 Å². The lowest BCUT2D eigenvalue weighted by Crippen LogP contribution is -2.31. The average molecular weight is 498 g/mol. The summed E-state index contributed by atoms with van der Waals surface area (Å²) in [6.45, 7) is 4.40. The van der Waals surface area contributed by atoms with Crippen LogP contribution in [0.2, 0.25) is 0 Å². The third-order valence-corrected chi connectivity index (χ3v) is 8.19. The van der Waals surface area contributed by atoms with Gasteiger partial charge in [-0.25, -0.2) is 17.8 Å². The Labute approximate surface area is 202 Å². The van der Waals surface area contributed by atoms with Crippen LogP contribution in [0.15, 0.2) is 71.9 Å². The molecule has 0 spiro atoms. The number of hydrogen-bond donors (Lipinski definition) is 0. The third kappa shape index (κ3) is 5.31. The van der Waals surface area contributed by atoms with Gasteiger partial charge in [-0.2, -0.15) is 0 Å². The highest BCUT2D eigenvalue weighted by Gasteiger charge is 2.24. The summed E-state index contributed by atoms with van der Waals surface area (Å²) in [6.07, 6.45) is 3.09. The van der Waals surface area contributed by atoms with Gasteiger partial charge in [0, 0.05) is 18.8 Å². The number of nitrogens with zero attached hydrogens (tertiary/aromatic N) is 3. The van der Waals surface area contributed by atoms with Crippen molar-refractivity contribution in [2.75, 3.05) is 10.7 Å². The van der Waals surface area contributed by atoms with E-state index in [2.05, 4.69) is 18.8 Å². The molecule has 2 aromatic carbocycles. The van der Waals surface area contributed by atoms with Crippen LogP contribution in [-0.4, -0.2) is 30.0 Å². The van der Waals surface area contributed by atoms with E-state index in [9.17, 15) is 17.6 Å². The van der Waals surface area contributed by atoms with E-state index in [-0.39, 0.29) is 35.4 Å². The van der Waals surface area contributed by atoms with Crippen molar-refractivity contribution in [1.82, 2.24) is 9.97 Å². The number of fused-ring (bicyclic) bond motifs is 1. The van der Waals surface area contributed by atoms with Crippen molar-refractivity contribution in [2.24, 2.45) is 0 Å². The summed E-state index contributed by atoms with van der Waals surface area (Å²) in [4.78, 5) is 23.7. The second-order valence-corrected chi connectivity index (χ2v) is 11.3. The molecule has 0 aliphatic rings. The summed E-state index contributed by atoms with van der Waals surface area (Å²) in [5, 5.41) is 0.510. The number of halogens is 1. The van der Waals surface area contributed by atoms with Gasteiger partial charge in [0.05, 0.1) is 27.4 Å². The molecule has 2 heterocycles. The first kappa shape index (κ1) is 24.0. The second kappa shape index (κ2) is 9.99. The van der Waals surface area contributed by atoms with Gasteiger partial charge in [-0.1, -0.05) is 43.4 Å². The molecule has 0 bridgehead atoms. The minimum Gasteiger partial charge on any atom is -0.284 e. The molecular formula is C25H24FN3O3S2. The Morgan fingerprint density at radius 2 is 1.85 bits per heavy atom. The number of sulfone groups is 1. The number of hydrogen-bond acceptors (Lipinski definition) is 6. The summed E-state index contributed by atoms with van der Waals surface area (Å²) < 4.78 is 39.6. The fourth-order valence-corrected chi connectivity index (χ4v) is 5.84. The maximum atomic E-state index is 13.3. The van der Waals surface area contributed by atoms with E-state index in [1.54, 1.807) is 18.5 Å². The Kier molecular flexibility index (Phi) is 7.04. The van der Waals surface area contributed by atoms with Gasteiger partial charge < -0.3 is 0 Å². The highest BCUT2D eigenvalue weighted by molar-refractivity contribution is 7.91. The summed E-state index contributed by atoms with van der Waals surface area (Å²) in [5.74, 6) is -1.00. The van der Waals surface area contributed by atoms with Crippen molar-refractivity contribution in [1.29, 1.82) is 0 Å². The molecule has 0 aliphatic carbocycles. The predicted octanol–water partition coefficient (Wildman–Crippen LogP) is 5.35. The van der Waals surface area contributed by atoms with Crippen LogP contribution < -0.4 is 4.90 Å². The van der Waals surface area contributed by atoms with Gasteiger partial charge in [-0.15, -0.1) is 0 Å². The molecule has 9 heteroatoms. The lowest BCUT2D eigenvalue weighted by Gasteiger charge is -2.20. The van der Waals surface area contributed by atoms with Crippen molar-refractivity contribution in [3.8, 4) is 0 Å². The summed E-state index contributed by atoms with van der Waals surface area (Å²) in [5.41, 5.74) is 2.74. The van der Waals surface area contributed by atoms with Crippen molar-refractivity contribution < 1.29 is 17.6 Å². The quantitative estimate of drug-likeness (QED) is 0.307. The number of amides is 1. The highest BCUT2D eigenvalue weighted by Crippen LogP contribution is 2.34. The maximum absolute atomic E-state index is 13.3. The molecule has 0 radical (unpaired) electrons. The number of carbonyl (C=O) groups is 1. The third-order valence-electron chi connectivity index (χ3n) is 5.41. The summed E-state index contributed by atoms with van der Waals surface area (Å²) in [6, 6.07) is 14.2. The molecular weight excluding hydrogens is 473 g/mol. The van der Waals surface area contributed by atoms with E-state index in [0.717, 1.165) is 33.5 Å². The van der Waals surface area contributed by atoms with E-state index in [1.807, 2.05) is 24.3 Å². The number of thiazole rings is 1. The van der Waals surface area contributed by atoms with Gasteiger partial charge in [0.2, 0.25) is 5.91 Å². The first-order valence-electron chi connectivity index (χ1n) is 10.8. The van der Waals surface area contributed by atoms with Crippen LogP contribution in [0.4, 0.5) is 9.52 Å². The second-order valence-electron chi connectivity index (χ2n) is 8.21. The molecule has 0 saturated carbocycles. The van der Waals surface area contributed by atoms with Crippen LogP contribution in [0.25, 0.3) is 10.2 Å². The van der Waals surface area contributed by atoms with Crippen LogP contribution in [0, 0.1) is 5.82 Å². The average Bonchev–Trinajstić information content (AvgIpc) is 3.26. The first-order chi connectivity index (χ1) is 16.2. The molecule has 0 unspecified atom stereocenters. The minimum absolute atomic E-state index is 0.0120. The molecule has 4 rings (SSSR count). The fourth-order valence-electron chi connectivity index (χ4n) is 3.59. The topological polar surface area (TPSA) is 80.2 Å². The van der Waals surface area contributed by atoms with E-state index < -0.39 is 15.7 Å². The lowest BCUT2D eigenvalue weighted by molar-refractivity contribution is -0.118. The van der Waals surface area contributed by atoms with Crippen LogP contribution >= 0.6 is 11.3 Å². The number of pyridine rings is 1. The first-order valence-corrected chi connectivity index (χ1v) is 13.3. The van der Waals surface area contributed by atoms with Gasteiger partial charge in [0.1, 0.15) is 5.82 Å². The zero-order chi connectivity index (χ0) is 24.3. The Morgan fingerprint density at radius 1 is 1.09 bits per heavy atom. The largest absolute Gasteiger partial charge is 0.284 e. The van der Waals surface area contributed by atoms with E-state index in [0.29, 0.717) is 5.13 Å². The number of para-hydroxylation sites is 1. The molecule has 0 saturated heterocycles. The molecule has 0 atom stereocenters. The molecule has 1 amide bonds. The smallest absolute Gasteiger partial charge is 0.230 e. The van der Waals surface area contributed by atoms with Gasteiger partial charge >= 0.3 is 0 Å². The Hall–Kier alpha value is -3.17. The van der Waals surface area contributed by atoms with Gasteiger partial charge in [0.15, 0.2) is 15.0 Å². The fraction of sp³-hybridized carbons (Fsp3) is 0.240. The number of rotatable bonds is 8. The molecule has 0 aliphatic heterocycles. The molecule has 0 N–H and O–H groups in total. The lowest BCUT2D eigenvalue weighted by atomic mass is 10.0. The standard InChI is InChI=1S/C25H24FN3O3S2/c1-17(2)21-6-3-7-22-24(21)28-25(33-22)29(16-18-5-4-13-27-15-18)23(30)12-14-34(31,32)20-10-8-19(26)9-11-20/h3-11,13,15,17H,12,14,16H2,1-2H3. The van der Waals surface area contributed by atoms with Crippen molar-refractivity contribution >= 4 is 42.4 Å². The number of anilines is 1. The van der Waals surface area contributed by atoms with Gasteiger partial charge in [-0.3, -0.25) is 14.7 Å². The van der Waals surface area contributed by atoms with Crippen LogP contribution in [0.3, 0.4) is 0 Å². The zero-order valence-corrected chi connectivity index (χ0v) is 20.4. The SMILES string of the molecule is CC(C)c1cccc2sc(N(Cc3cccnc3)C(=O)CCS(=O)(=O)c3ccc(F)cc3)nc12.